The van der Waals surface area contributed by atoms with Crippen LogP contribution in [-0.2, 0) is 4.74 Å². The zero-order chi connectivity index (χ0) is 18.4. The number of thiazole rings is 1. The molecule has 4 heterocycles. The summed E-state index contributed by atoms with van der Waals surface area (Å²) in [6, 6.07) is 8.33. The van der Waals surface area contributed by atoms with Crippen LogP contribution in [0.2, 0.25) is 0 Å². The summed E-state index contributed by atoms with van der Waals surface area (Å²) in [7, 11) is 1.89. The minimum absolute atomic E-state index is 0.723. The Labute approximate surface area is 160 Å². The lowest BCUT2D eigenvalue weighted by molar-refractivity contribution is 0.122. The van der Waals surface area contributed by atoms with Crippen LogP contribution < -0.4 is 10.2 Å². The van der Waals surface area contributed by atoms with Crippen LogP contribution in [-0.4, -0.2) is 52.9 Å². The molecule has 0 bridgehead atoms. The van der Waals surface area contributed by atoms with Gasteiger partial charge in [0.25, 0.3) is 0 Å². The monoisotopic (exact) mass is 380 g/mol. The lowest BCUT2D eigenvalue weighted by Crippen LogP contribution is -2.37. The molecule has 0 unspecified atom stereocenters. The minimum Gasteiger partial charge on any atom is -0.378 e. The van der Waals surface area contributed by atoms with Crippen LogP contribution >= 0.6 is 11.3 Å². The molecule has 1 aliphatic rings. The van der Waals surface area contributed by atoms with E-state index in [-0.39, 0.29) is 0 Å². The molecule has 3 aromatic heterocycles. The molecule has 4 aromatic rings. The van der Waals surface area contributed by atoms with E-state index in [2.05, 4.69) is 40.5 Å². The Morgan fingerprint density at radius 3 is 2.81 bits per heavy atom. The average Bonchev–Trinajstić information content (AvgIpc) is 3.29. The third-order valence-corrected chi connectivity index (χ3v) is 5.79. The summed E-state index contributed by atoms with van der Waals surface area (Å²) >= 11 is 1.63. The molecule has 1 saturated heterocycles. The molecule has 0 saturated carbocycles. The zero-order valence-electron chi connectivity index (χ0n) is 15.3. The molecule has 0 amide bonds. The first-order valence-electron chi connectivity index (χ1n) is 9.00. The van der Waals surface area contributed by atoms with E-state index in [9.17, 15) is 0 Å². The Morgan fingerprint density at radius 2 is 2.00 bits per heavy atom. The maximum absolute atomic E-state index is 5.51. The van der Waals surface area contributed by atoms with Crippen molar-refractivity contribution in [3.63, 3.8) is 0 Å². The number of rotatable bonds is 3. The molecule has 138 valence electrons. The van der Waals surface area contributed by atoms with Gasteiger partial charge in [0, 0.05) is 31.9 Å². The number of aromatic nitrogens is 4. The molecule has 8 heteroatoms. The lowest BCUT2D eigenvalue weighted by atomic mass is 10.2. The summed E-state index contributed by atoms with van der Waals surface area (Å²) in [5.41, 5.74) is 4.19. The third-order valence-electron chi connectivity index (χ3n) is 4.75. The van der Waals surface area contributed by atoms with Gasteiger partial charge in [-0.3, -0.25) is 0 Å². The van der Waals surface area contributed by atoms with E-state index >= 15 is 0 Å². The topological polar surface area (TPSA) is 67.6 Å². The number of nitrogens with one attached hydrogen (secondary N) is 1. The molecule has 0 aliphatic carbocycles. The van der Waals surface area contributed by atoms with Gasteiger partial charge in [0.2, 0.25) is 0 Å². The summed E-state index contributed by atoms with van der Waals surface area (Å²) in [5, 5.41) is 8.79. The zero-order valence-corrected chi connectivity index (χ0v) is 16.1. The van der Waals surface area contributed by atoms with E-state index in [1.807, 2.05) is 23.7 Å². The van der Waals surface area contributed by atoms with Gasteiger partial charge in [0.15, 0.2) is 16.8 Å². The van der Waals surface area contributed by atoms with Crippen molar-refractivity contribution in [2.24, 2.45) is 0 Å². The number of fused-ring (bicyclic) bond motifs is 2. The van der Waals surface area contributed by atoms with Crippen molar-refractivity contribution >= 4 is 38.0 Å². The van der Waals surface area contributed by atoms with Crippen molar-refractivity contribution in [2.45, 2.75) is 6.92 Å². The van der Waals surface area contributed by atoms with Crippen molar-refractivity contribution < 1.29 is 4.74 Å². The molecule has 1 aliphatic heterocycles. The second-order valence-corrected chi connectivity index (χ2v) is 7.69. The Kier molecular flexibility index (Phi) is 3.95. The number of nitrogens with zero attached hydrogens (tertiary/aromatic N) is 5. The molecule has 7 nitrogen and oxygen atoms in total. The molecule has 1 aromatic carbocycles. The van der Waals surface area contributed by atoms with Crippen LogP contribution in [0, 0.1) is 6.92 Å². The summed E-state index contributed by atoms with van der Waals surface area (Å²) in [6.45, 7) is 5.22. The first-order valence-corrected chi connectivity index (χ1v) is 9.81. The van der Waals surface area contributed by atoms with E-state index in [0.29, 0.717) is 0 Å². The molecule has 0 radical (unpaired) electrons. The van der Waals surface area contributed by atoms with Crippen molar-refractivity contribution in [1.29, 1.82) is 0 Å². The number of hydrogen-bond donors (Lipinski definition) is 1. The summed E-state index contributed by atoms with van der Waals surface area (Å²) in [5.74, 6) is 1.69. The predicted molar refractivity (Wildman–Crippen MR) is 109 cm³/mol. The molecule has 27 heavy (non-hydrogen) atoms. The lowest BCUT2D eigenvalue weighted by Gasteiger charge is -2.28. The van der Waals surface area contributed by atoms with Crippen LogP contribution in [0.4, 0.5) is 10.9 Å². The highest BCUT2D eigenvalue weighted by atomic mass is 32.1. The molecular weight excluding hydrogens is 360 g/mol. The fourth-order valence-corrected chi connectivity index (χ4v) is 4.27. The van der Waals surface area contributed by atoms with E-state index in [4.69, 9.17) is 14.8 Å². The molecule has 1 N–H and O–H groups in total. The normalized spacial score (nSPS) is 15.0. The van der Waals surface area contributed by atoms with Gasteiger partial charge in [-0.15, -0.1) is 5.10 Å². The van der Waals surface area contributed by atoms with E-state index in [0.717, 1.165) is 64.4 Å². The van der Waals surface area contributed by atoms with Crippen molar-refractivity contribution in [2.75, 3.05) is 43.6 Å². The highest BCUT2D eigenvalue weighted by Gasteiger charge is 2.19. The number of anilines is 2. The smallest absolute Gasteiger partial charge is 0.183 e. The third kappa shape index (κ3) is 2.90. The maximum Gasteiger partial charge on any atom is 0.183 e. The SMILES string of the molecule is CNc1nc2ccc(-c3nc(N4CCOCC4)c4cc(C)cn4n3)cc2s1. The summed E-state index contributed by atoms with van der Waals surface area (Å²) in [4.78, 5) is 11.8. The van der Waals surface area contributed by atoms with Gasteiger partial charge in [0.05, 0.1) is 23.4 Å². The predicted octanol–water partition coefficient (Wildman–Crippen LogP) is 3.19. The first-order chi connectivity index (χ1) is 13.2. The number of aryl methyl sites for hydroxylation is 1. The fourth-order valence-electron chi connectivity index (χ4n) is 3.41. The summed E-state index contributed by atoms with van der Waals surface area (Å²) in [6.07, 6.45) is 2.05. The molecule has 0 atom stereocenters. The number of morpholine rings is 1. The van der Waals surface area contributed by atoms with Crippen LogP contribution in [0.25, 0.3) is 27.1 Å². The van der Waals surface area contributed by atoms with Crippen LogP contribution in [0.5, 0.6) is 0 Å². The Morgan fingerprint density at radius 1 is 1.15 bits per heavy atom. The standard InChI is InChI=1S/C19H20N6OS/c1-12-9-15-18(24-5-7-26-8-6-24)22-17(23-25(15)11-12)13-3-4-14-16(10-13)27-19(20-2)21-14/h3-4,9-11H,5-8H2,1-2H3,(H,20,21). The Balaban J connectivity index is 1.66. The maximum atomic E-state index is 5.51. The molecule has 0 spiro atoms. The van der Waals surface area contributed by atoms with Crippen LogP contribution in [0.15, 0.2) is 30.5 Å². The fraction of sp³-hybridized carbons (Fsp3) is 0.316. The van der Waals surface area contributed by atoms with Crippen molar-refractivity contribution in [3.8, 4) is 11.4 Å². The first kappa shape index (κ1) is 16.5. The molecular formula is C19H20N6OS. The van der Waals surface area contributed by atoms with E-state index in [1.165, 1.54) is 5.56 Å². The molecule has 1 fully saturated rings. The highest BCUT2D eigenvalue weighted by molar-refractivity contribution is 7.22. The van der Waals surface area contributed by atoms with Gasteiger partial charge in [0.1, 0.15) is 5.52 Å². The number of ether oxygens (including phenoxy) is 1. The van der Waals surface area contributed by atoms with Crippen LogP contribution in [0.3, 0.4) is 0 Å². The van der Waals surface area contributed by atoms with Gasteiger partial charge in [-0.1, -0.05) is 11.3 Å². The number of benzene rings is 1. The van der Waals surface area contributed by atoms with Gasteiger partial charge >= 0.3 is 0 Å². The van der Waals surface area contributed by atoms with Gasteiger partial charge in [-0.25, -0.2) is 14.5 Å². The van der Waals surface area contributed by atoms with Crippen LogP contribution in [0.1, 0.15) is 5.56 Å². The average molecular weight is 380 g/mol. The molecule has 5 rings (SSSR count). The Hall–Kier alpha value is -2.71. The minimum atomic E-state index is 0.723. The summed E-state index contributed by atoms with van der Waals surface area (Å²) < 4.78 is 8.58. The van der Waals surface area contributed by atoms with E-state index in [1.54, 1.807) is 11.3 Å². The Bertz CT molecular complexity index is 1130. The quantitative estimate of drug-likeness (QED) is 0.589. The second-order valence-electron chi connectivity index (χ2n) is 6.66. The highest BCUT2D eigenvalue weighted by Crippen LogP contribution is 2.31. The largest absolute Gasteiger partial charge is 0.378 e. The van der Waals surface area contributed by atoms with Gasteiger partial charge in [-0.05, 0) is 36.8 Å². The number of hydrogen-bond acceptors (Lipinski definition) is 7. The van der Waals surface area contributed by atoms with Crippen molar-refractivity contribution in [1.82, 2.24) is 19.6 Å². The van der Waals surface area contributed by atoms with Gasteiger partial charge < -0.3 is 15.0 Å². The van der Waals surface area contributed by atoms with Gasteiger partial charge in [-0.2, -0.15) is 0 Å². The van der Waals surface area contributed by atoms with Crippen molar-refractivity contribution in [3.05, 3.63) is 36.0 Å². The van der Waals surface area contributed by atoms with E-state index < -0.39 is 0 Å². The second kappa shape index (κ2) is 6.47.